The predicted octanol–water partition coefficient (Wildman–Crippen LogP) is 0.550. The lowest BCUT2D eigenvalue weighted by Gasteiger charge is -2.34. The van der Waals surface area contributed by atoms with Crippen molar-refractivity contribution in [2.45, 2.75) is 56.6 Å². The van der Waals surface area contributed by atoms with Gasteiger partial charge < -0.3 is 20.3 Å². The van der Waals surface area contributed by atoms with Crippen LogP contribution in [0, 0.1) is 0 Å². The normalized spacial score (nSPS) is 23.7. The van der Waals surface area contributed by atoms with E-state index in [2.05, 4.69) is 15.3 Å². The highest BCUT2D eigenvalue weighted by Crippen LogP contribution is 2.32. The molecule has 2 fully saturated rings. The van der Waals surface area contributed by atoms with Gasteiger partial charge in [-0.2, -0.15) is 0 Å². The van der Waals surface area contributed by atoms with Crippen LogP contribution in [0.2, 0.25) is 0 Å². The summed E-state index contributed by atoms with van der Waals surface area (Å²) in [6, 6.07) is -0.0114. The average Bonchev–Trinajstić information content (AvgIpc) is 2.94. The fraction of sp³-hybridized carbons (Fsp3) is 0.688. The predicted molar refractivity (Wildman–Crippen MR) is 86.3 cm³/mol. The zero-order chi connectivity index (χ0) is 16.3. The van der Waals surface area contributed by atoms with Crippen LogP contribution in [0.15, 0.2) is 17.2 Å². The molecule has 1 atom stereocenters. The molecule has 1 aliphatic carbocycles. The molecule has 1 saturated carbocycles. The van der Waals surface area contributed by atoms with E-state index in [9.17, 15) is 14.7 Å². The Hall–Kier alpha value is -1.89. The minimum Gasteiger partial charge on any atom is -0.389 e. The monoisotopic (exact) mass is 320 g/mol. The van der Waals surface area contributed by atoms with E-state index in [0.717, 1.165) is 32.2 Å². The SMILES string of the molecule is O=C(CC1(O)CCCC1)NC1CCCN(c2ncc[nH]c2=O)C1. The van der Waals surface area contributed by atoms with E-state index in [1.54, 1.807) is 6.20 Å². The highest BCUT2D eigenvalue weighted by atomic mass is 16.3. The van der Waals surface area contributed by atoms with E-state index in [-0.39, 0.29) is 23.9 Å². The second kappa shape index (κ2) is 6.70. The smallest absolute Gasteiger partial charge is 0.290 e. The van der Waals surface area contributed by atoms with Crippen molar-refractivity contribution in [3.05, 3.63) is 22.7 Å². The number of aliphatic hydroxyl groups is 1. The number of anilines is 1. The molecule has 3 rings (SSSR count). The summed E-state index contributed by atoms with van der Waals surface area (Å²) in [5.74, 6) is 0.303. The average molecular weight is 320 g/mol. The first kappa shape index (κ1) is 16.0. The molecule has 1 saturated heterocycles. The van der Waals surface area contributed by atoms with Crippen molar-refractivity contribution >= 4 is 11.7 Å². The van der Waals surface area contributed by atoms with Crippen LogP contribution < -0.4 is 15.8 Å². The molecule has 0 spiro atoms. The minimum absolute atomic E-state index is 0.0114. The molecule has 1 aliphatic heterocycles. The van der Waals surface area contributed by atoms with E-state index in [0.29, 0.717) is 25.2 Å². The molecular weight excluding hydrogens is 296 g/mol. The van der Waals surface area contributed by atoms with Gasteiger partial charge in [-0.1, -0.05) is 12.8 Å². The summed E-state index contributed by atoms with van der Waals surface area (Å²) in [5, 5.41) is 13.3. The van der Waals surface area contributed by atoms with E-state index in [1.807, 2.05) is 4.90 Å². The summed E-state index contributed by atoms with van der Waals surface area (Å²) in [7, 11) is 0. The first-order chi connectivity index (χ1) is 11.1. The van der Waals surface area contributed by atoms with Crippen molar-refractivity contribution in [1.82, 2.24) is 15.3 Å². The zero-order valence-electron chi connectivity index (χ0n) is 13.3. The Bertz CT molecular complexity index is 609. The third-order valence-electron chi connectivity index (χ3n) is 4.80. The first-order valence-electron chi connectivity index (χ1n) is 8.36. The fourth-order valence-electron chi connectivity index (χ4n) is 3.64. The second-order valence-corrected chi connectivity index (χ2v) is 6.70. The Labute approximate surface area is 135 Å². The van der Waals surface area contributed by atoms with Gasteiger partial charge in [0, 0.05) is 31.5 Å². The molecule has 1 amide bonds. The van der Waals surface area contributed by atoms with Crippen LogP contribution in [-0.4, -0.2) is 45.7 Å². The molecule has 1 aromatic rings. The summed E-state index contributed by atoms with van der Waals surface area (Å²) in [6.45, 7) is 1.33. The second-order valence-electron chi connectivity index (χ2n) is 6.70. The molecule has 3 N–H and O–H groups in total. The summed E-state index contributed by atoms with van der Waals surface area (Å²) < 4.78 is 0. The Kier molecular flexibility index (Phi) is 4.66. The number of H-pyrrole nitrogens is 1. The molecule has 0 bridgehead atoms. The maximum Gasteiger partial charge on any atom is 0.290 e. The maximum absolute atomic E-state index is 12.2. The lowest BCUT2D eigenvalue weighted by Crippen LogP contribution is -2.50. The Balaban J connectivity index is 1.57. The molecule has 0 radical (unpaired) electrons. The van der Waals surface area contributed by atoms with Gasteiger partial charge >= 0.3 is 0 Å². The highest BCUT2D eigenvalue weighted by molar-refractivity contribution is 5.77. The number of rotatable bonds is 4. The van der Waals surface area contributed by atoms with Gasteiger partial charge in [0.1, 0.15) is 0 Å². The lowest BCUT2D eigenvalue weighted by atomic mass is 9.97. The number of nitrogens with one attached hydrogen (secondary N) is 2. The summed E-state index contributed by atoms with van der Waals surface area (Å²) in [5.41, 5.74) is -1.03. The largest absolute Gasteiger partial charge is 0.389 e. The van der Waals surface area contributed by atoms with Crippen molar-refractivity contribution in [3.63, 3.8) is 0 Å². The van der Waals surface area contributed by atoms with Gasteiger partial charge in [0.15, 0.2) is 5.82 Å². The third kappa shape index (κ3) is 3.90. The fourth-order valence-corrected chi connectivity index (χ4v) is 3.64. The summed E-state index contributed by atoms with van der Waals surface area (Å²) in [6.07, 6.45) is 8.42. The standard InChI is InChI=1S/C16H24N4O3/c21-13(10-16(23)5-1-2-6-16)19-12-4-3-9-20(11-12)14-15(22)18-8-7-17-14/h7-8,12,23H,1-6,9-11H2,(H,18,22)(H,19,21). The first-order valence-corrected chi connectivity index (χ1v) is 8.36. The molecule has 23 heavy (non-hydrogen) atoms. The van der Waals surface area contributed by atoms with Crippen molar-refractivity contribution in [1.29, 1.82) is 0 Å². The van der Waals surface area contributed by atoms with Crippen molar-refractivity contribution in [2.75, 3.05) is 18.0 Å². The van der Waals surface area contributed by atoms with Crippen LogP contribution in [-0.2, 0) is 4.79 Å². The van der Waals surface area contributed by atoms with Gasteiger partial charge in [-0.25, -0.2) is 4.98 Å². The number of amides is 1. The molecule has 7 heteroatoms. The Morgan fingerprint density at radius 1 is 1.43 bits per heavy atom. The van der Waals surface area contributed by atoms with Crippen molar-refractivity contribution in [2.24, 2.45) is 0 Å². The van der Waals surface area contributed by atoms with Crippen LogP contribution in [0.3, 0.4) is 0 Å². The minimum atomic E-state index is -0.823. The van der Waals surface area contributed by atoms with E-state index in [4.69, 9.17) is 0 Å². The van der Waals surface area contributed by atoms with E-state index >= 15 is 0 Å². The van der Waals surface area contributed by atoms with Crippen LogP contribution in [0.4, 0.5) is 5.82 Å². The van der Waals surface area contributed by atoms with Crippen LogP contribution in [0.25, 0.3) is 0 Å². The molecule has 0 aromatic carbocycles. The van der Waals surface area contributed by atoms with E-state index < -0.39 is 5.60 Å². The lowest BCUT2D eigenvalue weighted by molar-refractivity contribution is -0.126. The van der Waals surface area contributed by atoms with Crippen LogP contribution in [0.5, 0.6) is 0 Å². The quantitative estimate of drug-likeness (QED) is 0.752. The molecule has 2 heterocycles. The zero-order valence-corrected chi connectivity index (χ0v) is 13.3. The Morgan fingerprint density at radius 2 is 2.22 bits per heavy atom. The number of nitrogens with zero attached hydrogens (tertiary/aromatic N) is 2. The molecule has 1 unspecified atom stereocenters. The van der Waals surface area contributed by atoms with Crippen LogP contribution >= 0.6 is 0 Å². The molecule has 1 aromatic heterocycles. The van der Waals surface area contributed by atoms with Crippen LogP contribution in [0.1, 0.15) is 44.9 Å². The topological polar surface area (TPSA) is 98.3 Å². The Morgan fingerprint density at radius 3 is 2.96 bits per heavy atom. The number of hydrogen-bond donors (Lipinski definition) is 3. The molecule has 126 valence electrons. The summed E-state index contributed by atoms with van der Waals surface area (Å²) in [4.78, 5) is 32.7. The molecule has 7 nitrogen and oxygen atoms in total. The number of aromatic amines is 1. The van der Waals surface area contributed by atoms with Gasteiger partial charge in [0.25, 0.3) is 5.56 Å². The highest BCUT2D eigenvalue weighted by Gasteiger charge is 2.34. The summed E-state index contributed by atoms with van der Waals surface area (Å²) >= 11 is 0. The number of hydrogen-bond acceptors (Lipinski definition) is 5. The van der Waals surface area contributed by atoms with Crippen molar-refractivity contribution < 1.29 is 9.90 Å². The maximum atomic E-state index is 12.2. The van der Waals surface area contributed by atoms with Gasteiger partial charge in [0.05, 0.1) is 12.0 Å². The number of piperidine rings is 1. The van der Waals surface area contributed by atoms with Crippen molar-refractivity contribution in [3.8, 4) is 0 Å². The van der Waals surface area contributed by atoms with E-state index in [1.165, 1.54) is 6.20 Å². The number of aromatic nitrogens is 2. The molecule has 2 aliphatic rings. The number of carbonyl (C=O) groups excluding carboxylic acids is 1. The van der Waals surface area contributed by atoms with Gasteiger partial charge in [-0.15, -0.1) is 0 Å². The van der Waals surface area contributed by atoms with Gasteiger partial charge in [-0.05, 0) is 25.7 Å². The van der Waals surface area contributed by atoms with Gasteiger partial charge in [-0.3, -0.25) is 9.59 Å². The third-order valence-corrected chi connectivity index (χ3v) is 4.80. The number of carbonyl (C=O) groups is 1. The molecular formula is C16H24N4O3. The van der Waals surface area contributed by atoms with Gasteiger partial charge in [0.2, 0.25) is 5.91 Å².